The molecule has 5 nitrogen and oxygen atoms in total. The number of nitrogens with zero attached hydrogens (tertiary/aromatic N) is 2. The quantitative estimate of drug-likeness (QED) is 0.0688. The first-order valence-electron chi connectivity index (χ1n) is 20.9. The molecule has 0 aromatic carbocycles. The molecule has 0 aromatic rings. The molecule has 1 unspecified atom stereocenters. The van der Waals surface area contributed by atoms with Crippen LogP contribution in [0.2, 0.25) is 0 Å². The van der Waals surface area contributed by atoms with Gasteiger partial charge >= 0.3 is 6.03 Å². The Balaban J connectivity index is 1.89. The molecule has 0 saturated carbocycles. The summed E-state index contributed by atoms with van der Waals surface area (Å²) in [6.45, 7) is 5.97. The number of rotatable bonds is 36. The van der Waals surface area contributed by atoms with E-state index in [0.29, 0.717) is 13.0 Å². The number of amides is 3. The molecule has 5 heteroatoms. The normalized spacial score (nSPS) is 14.5. The first-order valence-corrected chi connectivity index (χ1v) is 20.9. The summed E-state index contributed by atoms with van der Waals surface area (Å²) in [7, 11) is 1.93. The van der Waals surface area contributed by atoms with Crippen LogP contribution in [0.15, 0.2) is 0 Å². The number of carbonyl (C=O) groups excluding carboxylic acids is 2. The van der Waals surface area contributed by atoms with Crippen molar-refractivity contribution in [1.82, 2.24) is 15.1 Å². The molecule has 0 radical (unpaired) electrons. The monoisotopic (exact) mass is 648 g/mol. The van der Waals surface area contributed by atoms with Gasteiger partial charge in [0.25, 0.3) is 0 Å². The van der Waals surface area contributed by atoms with Crippen LogP contribution < -0.4 is 5.32 Å². The molecule has 0 bridgehead atoms. The van der Waals surface area contributed by atoms with Crippen molar-refractivity contribution in [3.8, 4) is 0 Å². The first-order chi connectivity index (χ1) is 22.6. The van der Waals surface area contributed by atoms with Gasteiger partial charge in [-0.1, -0.05) is 200 Å². The van der Waals surface area contributed by atoms with Gasteiger partial charge in [-0.3, -0.25) is 4.79 Å². The Labute approximate surface area is 288 Å². The predicted octanol–water partition coefficient (Wildman–Crippen LogP) is 12.7. The summed E-state index contributed by atoms with van der Waals surface area (Å²) in [5.41, 5.74) is 0. The Morgan fingerprint density at radius 1 is 0.543 bits per heavy atom. The SMILES string of the molecule is CCCCCCCCCCCCCCCCCCN(C)C(=O)CCN1C(=O)NC1CCCCCCCCCCCCCCCCC. The van der Waals surface area contributed by atoms with Crippen LogP contribution in [0.1, 0.15) is 226 Å². The second-order valence-corrected chi connectivity index (χ2v) is 14.8. The van der Waals surface area contributed by atoms with Crippen molar-refractivity contribution in [2.24, 2.45) is 0 Å². The van der Waals surface area contributed by atoms with Gasteiger partial charge in [0, 0.05) is 26.6 Å². The number of hydrogen-bond acceptors (Lipinski definition) is 2. The Bertz CT molecular complexity index is 685. The summed E-state index contributed by atoms with van der Waals surface area (Å²) in [5, 5.41) is 3.04. The second-order valence-electron chi connectivity index (χ2n) is 14.8. The van der Waals surface area contributed by atoms with Crippen LogP contribution in [0.3, 0.4) is 0 Å². The molecule has 0 spiro atoms. The summed E-state index contributed by atoms with van der Waals surface area (Å²) in [5.74, 6) is 0.173. The van der Waals surface area contributed by atoms with Crippen molar-refractivity contribution in [3.05, 3.63) is 0 Å². The topological polar surface area (TPSA) is 52.7 Å². The van der Waals surface area contributed by atoms with Crippen molar-refractivity contribution in [2.75, 3.05) is 20.1 Å². The molecule has 1 saturated heterocycles. The van der Waals surface area contributed by atoms with Gasteiger partial charge in [-0.2, -0.15) is 0 Å². The summed E-state index contributed by atoms with van der Waals surface area (Å²) >= 11 is 0. The van der Waals surface area contributed by atoms with Crippen LogP contribution in [-0.2, 0) is 4.79 Å². The minimum absolute atomic E-state index is 0.000725. The van der Waals surface area contributed by atoms with Crippen LogP contribution in [0.25, 0.3) is 0 Å². The van der Waals surface area contributed by atoms with Gasteiger partial charge in [0.15, 0.2) is 0 Å². The third-order valence-corrected chi connectivity index (χ3v) is 10.3. The van der Waals surface area contributed by atoms with E-state index >= 15 is 0 Å². The Morgan fingerprint density at radius 2 is 0.870 bits per heavy atom. The predicted molar refractivity (Wildman–Crippen MR) is 200 cm³/mol. The summed E-state index contributed by atoms with van der Waals surface area (Å²) in [6.07, 6.45) is 44.0. The molecule has 1 heterocycles. The largest absolute Gasteiger partial charge is 0.346 e. The van der Waals surface area contributed by atoms with Crippen LogP contribution in [0, 0.1) is 0 Å². The van der Waals surface area contributed by atoms with E-state index < -0.39 is 0 Å². The molecule has 0 aliphatic carbocycles. The van der Waals surface area contributed by atoms with Gasteiger partial charge in [-0.25, -0.2) is 4.79 Å². The van der Waals surface area contributed by atoms with E-state index in [1.54, 1.807) is 0 Å². The molecule has 1 aliphatic rings. The van der Waals surface area contributed by atoms with E-state index in [-0.39, 0.29) is 18.1 Å². The van der Waals surface area contributed by atoms with Gasteiger partial charge in [0.2, 0.25) is 5.91 Å². The number of urea groups is 1. The van der Waals surface area contributed by atoms with Gasteiger partial charge in [0.1, 0.15) is 6.17 Å². The van der Waals surface area contributed by atoms with Crippen LogP contribution in [-0.4, -0.2) is 48.0 Å². The maximum absolute atomic E-state index is 12.7. The zero-order valence-electron chi connectivity index (χ0n) is 31.5. The zero-order valence-corrected chi connectivity index (χ0v) is 31.5. The van der Waals surface area contributed by atoms with Gasteiger partial charge < -0.3 is 15.1 Å². The van der Waals surface area contributed by atoms with Crippen molar-refractivity contribution in [3.63, 3.8) is 0 Å². The van der Waals surface area contributed by atoms with Gasteiger partial charge in [-0.05, 0) is 19.3 Å². The molecular formula is C41H81N3O2. The highest BCUT2D eigenvalue weighted by Gasteiger charge is 2.34. The van der Waals surface area contributed by atoms with Gasteiger partial charge in [0.05, 0.1) is 0 Å². The lowest BCUT2D eigenvalue weighted by Crippen LogP contribution is -2.65. The smallest absolute Gasteiger partial charge is 0.320 e. The number of hydrogen-bond donors (Lipinski definition) is 1. The summed E-state index contributed by atoms with van der Waals surface area (Å²) < 4.78 is 0. The first kappa shape index (κ1) is 42.8. The Morgan fingerprint density at radius 3 is 1.22 bits per heavy atom. The van der Waals surface area contributed by atoms with Crippen molar-refractivity contribution < 1.29 is 9.59 Å². The fraction of sp³-hybridized carbons (Fsp3) is 0.951. The molecule has 0 aromatic heterocycles. The van der Waals surface area contributed by atoms with E-state index in [2.05, 4.69) is 19.2 Å². The third kappa shape index (κ3) is 24.9. The highest BCUT2D eigenvalue weighted by molar-refractivity contribution is 5.82. The number of carbonyl (C=O) groups is 2. The standard InChI is InChI=1S/C41H81N3O2/c1-4-6-8-10-12-14-16-18-20-22-24-26-28-30-32-34-37-43(3)40(45)36-38-44-39(42-41(44)46)35-33-31-29-27-25-23-21-19-17-15-13-11-9-7-5-2/h39H,4-38H2,1-3H3,(H,42,46). The minimum atomic E-state index is -0.000725. The molecular weight excluding hydrogens is 566 g/mol. The van der Waals surface area contributed by atoms with E-state index in [0.717, 1.165) is 25.8 Å². The van der Waals surface area contributed by atoms with Crippen LogP contribution in [0.4, 0.5) is 4.79 Å². The fourth-order valence-corrected chi connectivity index (χ4v) is 7.00. The zero-order chi connectivity index (χ0) is 33.3. The van der Waals surface area contributed by atoms with Crippen molar-refractivity contribution in [1.29, 1.82) is 0 Å². The lowest BCUT2D eigenvalue weighted by Gasteiger charge is -2.42. The second kappa shape index (κ2) is 32.3. The highest BCUT2D eigenvalue weighted by Crippen LogP contribution is 2.19. The lowest BCUT2D eigenvalue weighted by atomic mass is 10.0. The van der Waals surface area contributed by atoms with Crippen molar-refractivity contribution >= 4 is 11.9 Å². The molecule has 1 aliphatic heterocycles. The third-order valence-electron chi connectivity index (χ3n) is 10.3. The van der Waals surface area contributed by atoms with E-state index in [9.17, 15) is 9.59 Å². The Hall–Kier alpha value is -1.26. The summed E-state index contributed by atoms with van der Waals surface area (Å²) in [6, 6.07) is -0.000725. The van der Waals surface area contributed by atoms with E-state index in [4.69, 9.17) is 0 Å². The number of unbranched alkanes of at least 4 members (excludes halogenated alkanes) is 29. The maximum Gasteiger partial charge on any atom is 0.320 e. The van der Waals surface area contributed by atoms with Crippen LogP contribution in [0.5, 0.6) is 0 Å². The molecule has 3 amide bonds. The molecule has 1 atom stereocenters. The van der Waals surface area contributed by atoms with Crippen LogP contribution >= 0.6 is 0 Å². The maximum atomic E-state index is 12.7. The van der Waals surface area contributed by atoms with E-state index in [1.165, 1.54) is 186 Å². The molecule has 1 N–H and O–H groups in total. The van der Waals surface area contributed by atoms with E-state index in [1.807, 2.05) is 16.8 Å². The highest BCUT2D eigenvalue weighted by atomic mass is 16.2. The van der Waals surface area contributed by atoms with Crippen molar-refractivity contribution in [2.45, 2.75) is 232 Å². The van der Waals surface area contributed by atoms with Gasteiger partial charge in [-0.15, -0.1) is 0 Å². The molecule has 272 valence electrons. The summed E-state index contributed by atoms with van der Waals surface area (Å²) in [4.78, 5) is 28.5. The average molecular weight is 648 g/mol. The Kier molecular flexibility index (Phi) is 30.0. The number of nitrogens with one attached hydrogen (secondary N) is 1. The molecule has 1 rings (SSSR count). The molecule has 1 fully saturated rings. The lowest BCUT2D eigenvalue weighted by molar-refractivity contribution is -0.130. The minimum Gasteiger partial charge on any atom is -0.346 e. The fourth-order valence-electron chi connectivity index (χ4n) is 7.00. The molecule has 46 heavy (non-hydrogen) atoms. The average Bonchev–Trinajstić information content (AvgIpc) is 3.05.